The van der Waals surface area contributed by atoms with Crippen molar-refractivity contribution >= 4 is 11.7 Å². The van der Waals surface area contributed by atoms with Gasteiger partial charge in [0.05, 0.1) is 18.6 Å². The molecule has 0 amide bonds. The van der Waals surface area contributed by atoms with Gasteiger partial charge >= 0.3 is 11.7 Å². The van der Waals surface area contributed by atoms with Gasteiger partial charge in [-0.2, -0.15) is 0 Å². The van der Waals surface area contributed by atoms with Gasteiger partial charge in [0.15, 0.2) is 5.75 Å². The molecule has 0 aliphatic rings. The van der Waals surface area contributed by atoms with Crippen LogP contribution in [0.15, 0.2) is 24.3 Å². The van der Waals surface area contributed by atoms with Crippen LogP contribution >= 0.6 is 0 Å². The third-order valence-electron chi connectivity index (χ3n) is 2.85. The molecule has 0 aromatic heterocycles. The number of nitro benzene ring substituents is 1. The maximum absolute atomic E-state index is 11.6. The number of para-hydroxylation sites is 2. The summed E-state index contributed by atoms with van der Waals surface area (Å²) in [6, 6.07) is 5.67. The lowest BCUT2D eigenvalue weighted by molar-refractivity contribution is -0.385. The highest BCUT2D eigenvalue weighted by Gasteiger charge is 2.19. The van der Waals surface area contributed by atoms with Crippen LogP contribution in [0.1, 0.15) is 19.8 Å². The van der Waals surface area contributed by atoms with Crippen molar-refractivity contribution in [3.8, 4) is 5.75 Å². The first kappa shape index (κ1) is 16.9. The number of nitro groups is 1. The van der Waals surface area contributed by atoms with Crippen molar-refractivity contribution in [2.24, 2.45) is 0 Å². The first-order chi connectivity index (χ1) is 10.1. The summed E-state index contributed by atoms with van der Waals surface area (Å²) < 4.78 is 10.1. The summed E-state index contributed by atoms with van der Waals surface area (Å²) in [7, 11) is 1.33. The topological polar surface area (TPSA) is 90.7 Å². The minimum absolute atomic E-state index is 0.0892. The van der Waals surface area contributed by atoms with Crippen molar-refractivity contribution < 1.29 is 19.2 Å². The van der Waals surface area contributed by atoms with Crippen molar-refractivity contribution in [1.29, 1.82) is 0 Å². The van der Waals surface area contributed by atoms with Gasteiger partial charge in [-0.3, -0.25) is 14.9 Å². The van der Waals surface area contributed by atoms with Gasteiger partial charge in [-0.1, -0.05) is 19.1 Å². The number of benzene rings is 1. The number of nitrogens with zero attached hydrogens (tertiary/aromatic N) is 1. The average Bonchev–Trinajstić information content (AvgIpc) is 2.50. The molecule has 7 heteroatoms. The zero-order chi connectivity index (χ0) is 15.7. The number of methoxy groups -OCH3 is 1. The van der Waals surface area contributed by atoms with Crippen molar-refractivity contribution in [3.63, 3.8) is 0 Å². The highest BCUT2D eigenvalue weighted by atomic mass is 16.6. The Labute approximate surface area is 123 Å². The first-order valence-electron chi connectivity index (χ1n) is 6.77. The van der Waals surface area contributed by atoms with Gasteiger partial charge < -0.3 is 14.8 Å². The summed E-state index contributed by atoms with van der Waals surface area (Å²) in [5.74, 6) is -0.170. The third kappa shape index (κ3) is 5.39. The van der Waals surface area contributed by atoms with E-state index < -0.39 is 11.0 Å². The van der Waals surface area contributed by atoms with Gasteiger partial charge in [-0.15, -0.1) is 0 Å². The Morgan fingerprint density at radius 1 is 1.43 bits per heavy atom. The zero-order valence-corrected chi connectivity index (χ0v) is 12.2. The maximum atomic E-state index is 11.6. The second-order valence-corrected chi connectivity index (χ2v) is 4.39. The fourth-order valence-electron chi connectivity index (χ4n) is 1.78. The number of hydrogen-bond acceptors (Lipinski definition) is 6. The Morgan fingerprint density at radius 3 is 2.76 bits per heavy atom. The fourth-order valence-corrected chi connectivity index (χ4v) is 1.78. The largest absolute Gasteiger partial charge is 0.487 e. The smallest absolute Gasteiger partial charge is 0.322 e. The van der Waals surface area contributed by atoms with E-state index in [2.05, 4.69) is 5.32 Å². The van der Waals surface area contributed by atoms with E-state index in [4.69, 9.17) is 9.47 Å². The van der Waals surface area contributed by atoms with Crippen LogP contribution < -0.4 is 10.1 Å². The Kier molecular flexibility index (Phi) is 7.17. The molecular weight excluding hydrogens is 276 g/mol. The van der Waals surface area contributed by atoms with Crippen LogP contribution in [0, 0.1) is 10.1 Å². The number of rotatable bonds is 9. The quantitative estimate of drug-likeness (QED) is 0.425. The minimum Gasteiger partial charge on any atom is -0.487 e. The summed E-state index contributed by atoms with van der Waals surface area (Å²) >= 11 is 0. The summed E-state index contributed by atoms with van der Waals surface area (Å²) in [4.78, 5) is 21.9. The lowest BCUT2D eigenvalue weighted by Gasteiger charge is -2.16. The lowest BCUT2D eigenvalue weighted by Crippen LogP contribution is -2.39. The van der Waals surface area contributed by atoms with Crippen LogP contribution in [-0.4, -0.2) is 37.2 Å². The molecule has 116 valence electrons. The molecule has 0 saturated heterocycles. The Morgan fingerprint density at radius 2 is 2.14 bits per heavy atom. The van der Waals surface area contributed by atoms with Crippen LogP contribution in [0.25, 0.3) is 0 Å². The van der Waals surface area contributed by atoms with E-state index >= 15 is 0 Å². The molecule has 0 spiro atoms. The number of carbonyl (C=O) groups excluding carboxylic acids is 1. The van der Waals surface area contributed by atoms with Gasteiger partial charge in [0, 0.05) is 12.5 Å². The molecular formula is C14H20N2O5. The molecule has 0 fully saturated rings. The predicted molar refractivity (Wildman–Crippen MR) is 77.3 cm³/mol. The number of ether oxygens (including phenoxy) is 2. The lowest BCUT2D eigenvalue weighted by atomic mass is 10.2. The van der Waals surface area contributed by atoms with Gasteiger partial charge in [-0.05, 0) is 19.0 Å². The van der Waals surface area contributed by atoms with Crippen LogP contribution in [-0.2, 0) is 9.53 Å². The monoisotopic (exact) mass is 296 g/mol. The molecule has 0 heterocycles. The molecule has 1 atom stereocenters. The van der Waals surface area contributed by atoms with E-state index in [-0.39, 0.29) is 24.0 Å². The second-order valence-electron chi connectivity index (χ2n) is 4.39. The molecule has 1 unspecified atom stereocenters. The molecule has 0 aliphatic carbocycles. The molecule has 21 heavy (non-hydrogen) atoms. The highest BCUT2D eigenvalue weighted by molar-refractivity contribution is 5.75. The van der Waals surface area contributed by atoms with Gasteiger partial charge in [0.25, 0.3) is 0 Å². The van der Waals surface area contributed by atoms with Crippen molar-refractivity contribution in [3.05, 3.63) is 34.4 Å². The Hall–Kier alpha value is -2.15. The van der Waals surface area contributed by atoms with Crippen molar-refractivity contribution in [2.45, 2.75) is 25.8 Å². The summed E-state index contributed by atoms with van der Waals surface area (Å²) in [6.45, 7) is 2.86. The molecule has 1 aromatic carbocycles. The maximum Gasteiger partial charge on any atom is 0.322 e. The van der Waals surface area contributed by atoms with E-state index in [1.807, 2.05) is 6.92 Å². The van der Waals surface area contributed by atoms with Crippen LogP contribution in [0.2, 0.25) is 0 Å². The summed E-state index contributed by atoms with van der Waals surface area (Å²) in [6.07, 6.45) is 1.26. The van der Waals surface area contributed by atoms with Crippen LogP contribution in [0.5, 0.6) is 5.75 Å². The van der Waals surface area contributed by atoms with Gasteiger partial charge in [-0.25, -0.2) is 0 Å². The number of nitrogens with one attached hydrogen (secondary N) is 1. The molecule has 7 nitrogen and oxygen atoms in total. The van der Waals surface area contributed by atoms with E-state index in [1.54, 1.807) is 12.1 Å². The SMILES string of the molecule is CCCNC(CCOc1ccccc1[N+](=O)[O-])C(=O)OC. The van der Waals surface area contributed by atoms with Gasteiger partial charge in [0.2, 0.25) is 0 Å². The van der Waals surface area contributed by atoms with E-state index in [0.717, 1.165) is 6.42 Å². The number of hydrogen-bond donors (Lipinski definition) is 1. The molecule has 0 aliphatic heterocycles. The molecule has 1 rings (SSSR count). The summed E-state index contributed by atoms with van der Waals surface area (Å²) in [5.41, 5.74) is -0.0892. The van der Waals surface area contributed by atoms with Crippen molar-refractivity contribution in [1.82, 2.24) is 5.32 Å². The zero-order valence-electron chi connectivity index (χ0n) is 12.2. The molecule has 0 saturated carbocycles. The fraction of sp³-hybridized carbons (Fsp3) is 0.500. The van der Waals surface area contributed by atoms with Gasteiger partial charge in [0.1, 0.15) is 6.04 Å². The van der Waals surface area contributed by atoms with Crippen molar-refractivity contribution in [2.75, 3.05) is 20.3 Å². The Balaban J connectivity index is 2.57. The second kappa shape index (κ2) is 8.91. The first-order valence-corrected chi connectivity index (χ1v) is 6.77. The molecule has 0 radical (unpaired) electrons. The average molecular weight is 296 g/mol. The standard InChI is InChI=1S/C14H20N2O5/c1-3-9-15-11(14(17)20-2)8-10-21-13-7-5-4-6-12(13)16(18)19/h4-7,11,15H,3,8-10H2,1-2H3. The predicted octanol–water partition coefficient (Wildman–Crippen LogP) is 1.90. The molecule has 0 bridgehead atoms. The molecule has 1 N–H and O–H groups in total. The number of carbonyl (C=O) groups is 1. The highest BCUT2D eigenvalue weighted by Crippen LogP contribution is 2.25. The van der Waals surface area contributed by atoms with E-state index in [9.17, 15) is 14.9 Å². The van der Waals surface area contributed by atoms with Crippen LogP contribution in [0.4, 0.5) is 5.69 Å². The van der Waals surface area contributed by atoms with Crippen LogP contribution in [0.3, 0.4) is 0 Å². The Bertz CT molecular complexity index is 478. The summed E-state index contributed by atoms with van der Waals surface area (Å²) in [5, 5.41) is 13.9. The number of esters is 1. The normalized spacial score (nSPS) is 11.7. The minimum atomic E-state index is -0.498. The van der Waals surface area contributed by atoms with E-state index in [0.29, 0.717) is 13.0 Å². The molecule has 1 aromatic rings. The third-order valence-corrected chi connectivity index (χ3v) is 2.85. The van der Waals surface area contributed by atoms with E-state index in [1.165, 1.54) is 19.2 Å².